The van der Waals surface area contributed by atoms with Crippen molar-refractivity contribution < 1.29 is 9.59 Å². The van der Waals surface area contributed by atoms with E-state index in [1.54, 1.807) is 18.2 Å². The molecule has 2 aliphatic carbocycles. The first-order chi connectivity index (χ1) is 20.0. The SMILES string of the molecule is CC(C)(C)C1CCC2(CC1)N=C(c1cc(Cl)cc(Cl)c1)C(=O)N2[C@@H](c1ccc(C(=O)NCc2nn[nH]n2)cc1)C1CC1. The number of hydrogen-bond acceptors (Lipinski definition) is 6. The van der Waals surface area contributed by atoms with E-state index in [1.807, 2.05) is 24.3 Å². The molecule has 2 fully saturated rings. The Morgan fingerprint density at radius 3 is 2.31 bits per heavy atom. The number of H-pyrrole nitrogens is 1. The molecule has 2 saturated carbocycles. The van der Waals surface area contributed by atoms with E-state index in [1.165, 1.54) is 0 Å². The maximum absolute atomic E-state index is 14.4. The highest BCUT2D eigenvalue weighted by atomic mass is 35.5. The topological polar surface area (TPSA) is 116 Å². The molecular formula is C31H35Cl2N7O2. The third-order valence-corrected chi connectivity index (χ3v) is 9.43. The lowest BCUT2D eigenvalue weighted by atomic mass is 9.69. The number of rotatable bonds is 7. The second-order valence-electron chi connectivity index (χ2n) is 12.8. The van der Waals surface area contributed by atoms with Gasteiger partial charge in [0.1, 0.15) is 11.4 Å². The monoisotopic (exact) mass is 607 g/mol. The second kappa shape index (κ2) is 11.1. The zero-order valence-electron chi connectivity index (χ0n) is 24.0. The molecule has 1 atom stereocenters. The molecule has 0 unspecified atom stereocenters. The highest BCUT2D eigenvalue weighted by Gasteiger charge is 2.55. The number of nitrogens with one attached hydrogen (secondary N) is 2. The van der Waals surface area contributed by atoms with E-state index < -0.39 is 5.66 Å². The Bertz CT molecular complexity index is 1480. The van der Waals surface area contributed by atoms with Gasteiger partial charge in [0.15, 0.2) is 5.82 Å². The van der Waals surface area contributed by atoms with Crippen LogP contribution >= 0.6 is 23.2 Å². The molecule has 3 aliphatic rings. The van der Waals surface area contributed by atoms with Crippen molar-refractivity contribution in [1.29, 1.82) is 0 Å². The fraction of sp³-hybridized carbons (Fsp3) is 0.484. The van der Waals surface area contributed by atoms with Crippen LogP contribution in [0.2, 0.25) is 10.0 Å². The molecule has 1 aromatic heterocycles. The molecule has 0 saturated heterocycles. The first-order valence-electron chi connectivity index (χ1n) is 14.5. The van der Waals surface area contributed by atoms with Crippen LogP contribution in [0.1, 0.15) is 92.6 Å². The van der Waals surface area contributed by atoms with Crippen LogP contribution in [-0.4, -0.2) is 48.7 Å². The van der Waals surface area contributed by atoms with E-state index in [0.717, 1.165) is 44.1 Å². The van der Waals surface area contributed by atoms with Crippen molar-refractivity contribution in [3.8, 4) is 0 Å². The molecule has 11 heteroatoms. The quantitative estimate of drug-likeness (QED) is 0.334. The summed E-state index contributed by atoms with van der Waals surface area (Å²) in [6.07, 6.45) is 5.69. The molecule has 0 radical (unpaired) electrons. The number of aliphatic imine (C=N–C) groups is 1. The molecule has 42 heavy (non-hydrogen) atoms. The molecular weight excluding hydrogens is 573 g/mol. The molecule has 0 bridgehead atoms. The molecule has 220 valence electrons. The molecule has 6 rings (SSSR count). The van der Waals surface area contributed by atoms with Gasteiger partial charge in [0.05, 0.1) is 12.6 Å². The van der Waals surface area contributed by atoms with Crippen LogP contribution in [0.25, 0.3) is 0 Å². The van der Waals surface area contributed by atoms with Crippen LogP contribution in [0.4, 0.5) is 0 Å². The van der Waals surface area contributed by atoms with Crippen LogP contribution in [0.5, 0.6) is 0 Å². The lowest BCUT2D eigenvalue weighted by Crippen LogP contribution is -2.52. The second-order valence-corrected chi connectivity index (χ2v) is 13.7. The molecule has 2 aromatic carbocycles. The largest absolute Gasteiger partial charge is 0.345 e. The number of hydrogen-bond donors (Lipinski definition) is 2. The minimum Gasteiger partial charge on any atom is -0.345 e. The van der Waals surface area contributed by atoms with Crippen LogP contribution in [0.3, 0.4) is 0 Å². The van der Waals surface area contributed by atoms with Crippen LogP contribution in [0.15, 0.2) is 47.5 Å². The summed E-state index contributed by atoms with van der Waals surface area (Å²) < 4.78 is 0. The molecule has 9 nitrogen and oxygen atoms in total. The van der Waals surface area contributed by atoms with Gasteiger partial charge in [-0.25, -0.2) is 0 Å². The lowest BCUT2D eigenvalue weighted by molar-refractivity contribution is -0.134. The average molecular weight is 609 g/mol. The van der Waals surface area contributed by atoms with Crippen LogP contribution in [0, 0.1) is 17.3 Å². The number of benzene rings is 2. The predicted molar refractivity (Wildman–Crippen MR) is 161 cm³/mol. The maximum Gasteiger partial charge on any atom is 0.275 e. The third kappa shape index (κ3) is 5.69. The van der Waals surface area contributed by atoms with Crippen molar-refractivity contribution in [3.63, 3.8) is 0 Å². The van der Waals surface area contributed by atoms with Gasteiger partial charge < -0.3 is 10.2 Å². The fourth-order valence-corrected chi connectivity index (χ4v) is 7.10. The van der Waals surface area contributed by atoms with Crippen LogP contribution in [-0.2, 0) is 11.3 Å². The lowest BCUT2D eigenvalue weighted by Gasteiger charge is -2.47. The minimum absolute atomic E-state index is 0.0821. The van der Waals surface area contributed by atoms with Crippen LogP contribution < -0.4 is 5.32 Å². The predicted octanol–water partition coefficient (Wildman–Crippen LogP) is 6.15. The average Bonchev–Trinajstić information content (AvgIpc) is 3.57. The van der Waals surface area contributed by atoms with E-state index in [2.05, 4.69) is 51.6 Å². The Hall–Kier alpha value is -3.30. The first kappa shape index (κ1) is 28.8. The highest BCUT2D eigenvalue weighted by molar-refractivity contribution is 6.47. The van der Waals surface area contributed by atoms with Gasteiger partial charge in [-0.05, 0) is 91.7 Å². The number of aromatic amines is 1. The zero-order valence-corrected chi connectivity index (χ0v) is 25.5. The van der Waals surface area contributed by atoms with E-state index in [0.29, 0.717) is 44.5 Å². The zero-order chi connectivity index (χ0) is 29.6. The standard InChI is InChI=1S/C31H35Cl2N7O2/c1-30(2,3)22-10-12-31(13-11-22)35-26(21-14-23(32)16-24(33)15-21)29(42)40(31)27(18-4-5-18)19-6-8-20(9-7-19)28(41)34-17-25-36-38-39-37-25/h6-9,14-16,18,22,27H,4-5,10-13,17H2,1-3H3,(H,34,41)(H,36,37,38,39)/t22?,27-,31?/m1/s1. The van der Waals surface area contributed by atoms with Crippen molar-refractivity contribution in [3.05, 3.63) is 75.0 Å². The summed E-state index contributed by atoms with van der Waals surface area (Å²) >= 11 is 12.7. The number of nitrogens with zero attached hydrogens (tertiary/aromatic N) is 5. The first-order valence-corrected chi connectivity index (χ1v) is 15.3. The Morgan fingerprint density at radius 2 is 1.74 bits per heavy atom. The number of halogens is 2. The van der Waals surface area contributed by atoms with Gasteiger partial charge in [-0.15, -0.1) is 10.2 Å². The maximum atomic E-state index is 14.4. The van der Waals surface area contributed by atoms with Crippen molar-refractivity contribution in [2.45, 2.75) is 77.5 Å². The summed E-state index contributed by atoms with van der Waals surface area (Å²) in [6.45, 7) is 7.06. The molecule has 3 aromatic rings. The summed E-state index contributed by atoms with van der Waals surface area (Å²) in [5.74, 6) is 0.990. The van der Waals surface area contributed by atoms with Gasteiger partial charge in [-0.3, -0.25) is 14.6 Å². The normalized spacial score (nSPS) is 23.3. The van der Waals surface area contributed by atoms with E-state index in [-0.39, 0.29) is 29.8 Å². The number of carbonyl (C=O) groups excluding carboxylic acids is 2. The van der Waals surface area contributed by atoms with Gasteiger partial charge in [-0.2, -0.15) is 5.21 Å². The fourth-order valence-electron chi connectivity index (χ4n) is 6.57. The number of amides is 2. The van der Waals surface area contributed by atoms with Crippen molar-refractivity contribution in [2.75, 3.05) is 0 Å². The third-order valence-electron chi connectivity index (χ3n) is 8.99. The minimum atomic E-state index is -0.628. The molecule has 2 amide bonds. The van der Waals surface area contributed by atoms with E-state index >= 15 is 0 Å². The molecule has 2 heterocycles. The van der Waals surface area contributed by atoms with Gasteiger partial charge in [0, 0.05) is 21.2 Å². The molecule has 1 spiro atoms. The van der Waals surface area contributed by atoms with Gasteiger partial charge in [0.2, 0.25) is 0 Å². The smallest absolute Gasteiger partial charge is 0.275 e. The van der Waals surface area contributed by atoms with E-state index in [9.17, 15) is 9.59 Å². The Labute approximate surface area is 255 Å². The van der Waals surface area contributed by atoms with E-state index in [4.69, 9.17) is 28.2 Å². The Morgan fingerprint density at radius 1 is 1.07 bits per heavy atom. The number of tetrazole rings is 1. The number of carbonyl (C=O) groups is 2. The molecule has 1 aliphatic heterocycles. The molecule has 2 N–H and O–H groups in total. The van der Waals surface area contributed by atoms with Gasteiger partial charge >= 0.3 is 0 Å². The van der Waals surface area contributed by atoms with Crippen molar-refractivity contribution in [2.24, 2.45) is 22.2 Å². The summed E-state index contributed by atoms with van der Waals surface area (Å²) in [6, 6.07) is 12.7. The van der Waals surface area contributed by atoms with Gasteiger partial charge in [-0.1, -0.05) is 61.3 Å². The van der Waals surface area contributed by atoms with Gasteiger partial charge in [0.25, 0.3) is 11.8 Å². The number of aromatic nitrogens is 4. The summed E-state index contributed by atoms with van der Waals surface area (Å²) in [5, 5.41) is 17.4. The van der Waals surface area contributed by atoms with Crippen molar-refractivity contribution >= 4 is 40.7 Å². The summed E-state index contributed by atoms with van der Waals surface area (Å²) in [5.41, 5.74) is 2.18. The highest BCUT2D eigenvalue weighted by Crippen LogP contribution is 2.54. The Kier molecular flexibility index (Phi) is 7.60. The Balaban J connectivity index is 1.32. The van der Waals surface area contributed by atoms with Crippen molar-refractivity contribution in [1.82, 2.24) is 30.8 Å². The summed E-state index contributed by atoms with van der Waals surface area (Å²) in [4.78, 5) is 34.5. The summed E-state index contributed by atoms with van der Waals surface area (Å²) in [7, 11) is 0.